The van der Waals surface area contributed by atoms with Crippen LogP contribution in [0.2, 0.25) is 0 Å². The van der Waals surface area contributed by atoms with Crippen LogP contribution in [-0.2, 0) is 47.5 Å². The van der Waals surface area contributed by atoms with Gasteiger partial charge in [-0.25, -0.2) is 0 Å². The Morgan fingerprint density at radius 2 is 0.882 bits per heavy atom. The van der Waals surface area contributed by atoms with E-state index in [9.17, 15) is 9.59 Å². The molecule has 0 rings (SSSR count). The monoisotopic (exact) mass is 494 g/mol. The number of carbonyl (C=O) groups is 2. The second-order valence-corrected chi connectivity index (χ2v) is 7.39. The molecule has 0 aromatic carbocycles. The average molecular weight is 495 g/mol. The second kappa shape index (κ2) is 27.9. The fourth-order valence-corrected chi connectivity index (χ4v) is 2.62. The van der Waals surface area contributed by atoms with Gasteiger partial charge in [-0.05, 0) is 6.42 Å². The number of hydrogen-bond donors (Lipinski definition) is 0. The standard InChI is InChI=1S/C24H46O10/c1-3-4-5-6-7-8-24(26)34-22-21-33-20-19-32-18-17-31-16-15-30-14-13-29-12-11-28-10-9-23(25)27-2/h3-22H2,1-2H3. The molecule has 202 valence electrons. The molecule has 0 saturated heterocycles. The van der Waals surface area contributed by atoms with Gasteiger partial charge in [0.25, 0.3) is 0 Å². The van der Waals surface area contributed by atoms with Gasteiger partial charge < -0.3 is 37.9 Å². The topological polar surface area (TPSA) is 108 Å². The maximum absolute atomic E-state index is 11.5. The minimum absolute atomic E-state index is 0.149. The summed E-state index contributed by atoms with van der Waals surface area (Å²) in [6, 6.07) is 0. The zero-order valence-electron chi connectivity index (χ0n) is 21.2. The molecule has 0 aliphatic rings. The number of unbranched alkanes of at least 4 members (excludes halogenated alkanes) is 4. The van der Waals surface area contributed by atoms with Crippen molar-refractivity contribution in [1.29, 1.82) is 0 Å². The Hall–Kier alpha value is -1.30. The first-order valence-electron chi connectivity index (χ1n) is 12.4. The lowest BCUT2D eigenvalue weighted by atomic mass is 10.1. The summed E-state index contributed by atoms with van der Waals surface area (Å²) in [5, 5.41) is 0. The van der Waals surface area contributed by atoms with Crippen molar-refractivity contribution < 1.29 is 47.5 Å². The summed E-state index contributed by atoms with van der Waals surface area (Å²) in [5.74, 6) is -0.435. The van der Waals surface area contributed by atoms with Crippen molar-refractivity contribution in [3.8, 4) is 0 Å². The van der Waals surface area contributed by atoms with Gasteiger partial charge in [-0.15, -0.1) is 0 Å². The van der Waals surface area contributed by atoms with E-state index in [2.05, 4.69) is 11.7 Å². The molecule has 10 nitrogen and oxygen atoms in total. The Balaban J connectivity index is 3.11. The van der Waals surface area contributed by atoms with Crippen LogP contribution >= 0.6 is 0 Å². The number of methoxy groups -OCH3 is 1. The lowest BCUT2D eigenvalue weighted by molar-refractivity contribution is -0.145. The Kier molecular flexibility index (Phi) is 26.9. The van der Waals surface area contributed by atoms with E-state index in [1.807, 2.05) is 0 Å². The molecule has 0 unspecified atom stereocenters. The van der Waals surface area contributed by atoms with E-state index in [1.165, 1.54) is 26.4 Å². The summed E-state index contributed by atoms with van der Waals surface area (Å²) < 4.78 is 41.8. The van der Waals surface area contributed by atoms with Gasteiger partial charge in [0.2, 0.25) is 0 Å². The Morgan fingerprint density at radius 3 is 1.32 bits per heavy atom. The van der Waals surface area contributed by atoms with Gasteiger partial charge >= 0.3 is 11.9 Å². The number of esters is 2. The molecule has 0 radical (unpaired) electrons. The lowest BCUT2D eigenvalue weighted by Crippen LogP contribution is -2.15. The summed E-state index contributed by atoms with van der Waals surface area (Å²) in [4.78, 5) is 22.4. The van der Waals surface area contributed by atoms with Gasteiger partial charge in [0, 0.05) is 6.42 Å². The van der Waals surface area contributed by atoms with Crippen LogP contribution in [0.25, 0.3) is 0 Å². The highest BCUT2D eigenvalue weighted by atomic mass is 16.6. The molecule has 0 aromatic heterocycles. The lowest BCUT2D eigenvalue weighted by Gasteiger charge is -2.08. The van der Waals surface area contributed by atoms with Gasteiger partial charge in [-0.1, -0.05) is 32.6 Å². The summed E-state index contributed by atoms with van der Waals surface area (Å²) in [6.45, 7) is 7.86. The molecule has 0 spiro atoms. The van der Waals surface area contributed by atoms with Gasteiger partial charge in [-0.2, -0.15) is 0 Å². The summed E-state index contributed by atoms with van der Waals surface area (Å²) >= 11 is 0. The molecule has 0 amide bonds. The number of rotatable bonds is 27. The predicted octanol–water partition coefficient (Wildman–Crippen LogP) is 2.55. The molecule has 0 fully saturated rings. The van der Waals surface area contributed by atoms with Crippen molar-refractivity contribution in [2.45, 2.75) is 51.9 Å². The molecule has 0 bridgehead atoms. The second-order valence-electron chi connectivity index (χ2n) is 7.39. The Morgan fingerprint density at radius 1 is 0.471 bits per heavy atom. The van der Waals surface area contributed by atoms with Crippen LogP contribution in [0, 0.1) is 0 Å². The molecule has 0 N–H and O–H groups in total. The number of ether oxygens (including phenoxy) is 8. The molecule has 34 heavy (non-hydrogen) atoms. The number of carbonyl (C=O) groups excluding carboxylic acids is 2. The average Bonchev–Trinajstić information content (AvgIpc) is 2.84. The van der Waals surface area contributed by atoms with Gasteiger partial charge in [-0.3, -0.25) is 9.59 Å². The molecule has 10 heteroatoms. The molecule has 0 aliphatic heterocycles. The van der Waals surface area contributed by atoms with Crippen LogP contribution in [0.5, 0.6) is 0 Å². The molecule has 0 heterocycles. The molecule has 0 saturated carbocycles. The smallest absolute Gasteiger partial charge is 0.307 e. The van der Waals surface area contributed by atoms with Crippen molar-refractivity contribution in [1.82, 2.24) is 0 Å². The van der Waals surface area contributed by atoms with Crippen LogP contribution in [0.15, 0.2) is 0 Å². The highest BCUT2D eigenvalue weighted by Gasteiger charge is 2.02. The fraction of sp³-hybridized carbons (Fsp3) is 0.917. The normalized spacial score (nSPS) is 11.0. The maximum atomic E-state index is 11.5. The van der Waals surface area contributed by atoms with E-state index in [4.69, 9.17) is 33.2 Å². The van der Waals surface area contributed by atoms with Crippen molar-refractivity contribution in [2.24, 2.45) is 0 Å². The third-order valence-corrected chi connectivity index (χ3v) is 4.51. The fourth-order valence-electron chi connectivity index (χ4n) is 2.62. The van der Waals surface area contributed by atoms with Crippen LogP contribution in [0.1, 0.15) is 51.9 Å². The number of hydrogen-bond acceptors (Lipinski definition) is 10. The largest absolute Gasteiger partial charge is 0.469 e. The zero-order chi connectivity index (χ0) is 25.0. The van der Waals surface area contributed by atoms with E-state index in [-0.39, 0.29) is 25.0 Å². The Labute approximate surface area is 204 Å². The molecular formula is C24H46O10. The molecule has 0 aliphatic carbocycles. The van der Waals surface area contributed by atoms with E-state index < -0.39 is 0 Å². The van der Waals surface area contributed by atoms with Crippen molar-refractivity contribution in [2.75, 3.05) is 93.0 Å². The quantitative estimate of drug-likeness (QED) is 0.125. The molecule has 0 atom stereocenters. The van der Waals surface area contributed by atoms with E-state index in [0.717, 1.165) is 12.8 Å². The maximum Gasteiger partial charge on any atom is 0.307 e. The Bertz CT molecular complexity index is 447. The SMILES string of the molecule is CCCCCCCC(=O)OCCOCCOCCOCCOCCOCCOCCC(=O)OC. The van der Waals surface area contributed by atoms with Crippen LogP contribution in [0.4, 0.5) is 0 Å². The first kappa shape index (κ1) is 32.7. The minimum Gasteiger partial charge on any atom is -0.469 e. The minimum atomic E-state index is -0.285. The summed E-state index contributed by atoms with van der Waals surface area (Å²) in [7, 11) is 1.35. The van der Waals surface area contributed by atoms with Gasteiger partial charge in [0.1, 0.15) is 6.61 Å². The first-order chi connectivity index (χ1) is 16.7. The highest BCUT2D eigenvalue weighted by molar-refractivity contribution is 5.69. The highest BCUT2D eigenvalue weighted by Crippen LogP contribution is 2.05. The van der Waals surface area contributed by atoms with Crippen molar-refractivity contribution >= 4 is 11.9 Å². The molecular weight excluding hydrogens is 448 g/mol. The predicted molar refractivity (Wildman–Crippen MR) is 126 cm³/mol. The van der Waals surface area contributed by atoms with Crippen LogP contribution < -0.4 is 0 Å². The molecule has 0 aromatic rings. The van der Waals surface area contributed by atoms with Gasteiger partial charge in [0.15, 0.2) is 0 Å². The summed E-state index contributed by atoms with van der Waals surface area (Å²) in [5.41, 5.74) is 0. The third kappa shape index (κ3) is 26.9. The van der Waals surface area contributed by atoms with Gasteiger partial charge in [0.05, 0.1) is 92.8 Å². The van der Waals surface area contributed by atoms with E-state index >= 15 is 0 Å². The summed E-state index contributed by atoms with van der Waals surface area (Å²) in [6.07, 6.45) is 6.32. The van der Waals surface area contributed by atoms with E-state index in [1.54, 1.807) is 0 Å². The van der Waals surface area contributed by atoms with Crippen LogP contribution in [0.3, 0.4) is 0 Å². The zero-order valence-corrected chi connectivity index (χ0v) is 21.2. The van der Waals surface area contributed by atoms with Crippen molar-refractivity contribution in [3.63, 3.8) is 0 Å². The van der Waals surface area contributed by atoms with Crippen LogP contribution in [-0.4, -0.2) is 105 Å². The first-order valence-corrected chi connectivity index (χ1v) is 12.4. The van der Waals surface area contributed by atoms with E-state index in [0.29, 0.717) is 85.7 Å². The van der Waals surface area contributed by atoms with Crippen molar-refractivity contribution in [3.05, 3.63) is 0 Å². The third-order valence-electron chi connectivity index (χ3n) is 4.51.